The highest BCUT2D eigenvalue weighted by atomic mass is 32.2. The van der Waals surface area contributed by atoms with Crippen LogP contribution in [0.25, 0.3) is 22.1 Å². The monoisotopic (exact) mass is 646 g/mol. The van der Waals surface area contributed by atoms with E-state index in [2.05, 4.69) is 44.9 Å². The second-order valence-electron chi connectivity index (χ2n) is 10.8. The smallest absolute Gasteiger partial charge is 0.408 e. The normalized spacial score (nSPS) is 12.7. The molecule has 0 spiro atoms. The van der Waals surface area contributed by atoms with Gasteiger partial charge in [0, 0.05) is 0 Å². The molecule has 5 aromatic rings. The largest absolute Gasteiger partial charge is 0.465 e. The van der Waals surface area contributed by atoms with Gasteiger partial charge in [0.1, 0.15) is 18.3 Å². The first kappa shape index (κ1) is 32.2. The van der Waals surface area contributed by atoms with Crippen molar-refractivity contribution in [1.82, 2.24) is 30.6 Å². The maximum atomic E-state index is 12.6. The number of carboxylic acid groups (broad SMARTS) is 1. The van der Waals surface area contributed by atoms with Crippen LogP contribution in [-0.2, 0) is 24.2 Å². The number of fused-ring (bicyclic) bond motifs is 2. The zero-order valence-corrected chi connectivity index (χ0v) is 27.0. The van der Waals surface area contributed by atoms with Crippen molar-refractivity contribution in [2.24, 2.45) is 0 Å². The van der Waals surface area contributed by atoms with E-state index in [1.165, 1.54) is 5.56 Å². The summed E-state index contributed by atoms with van der Waals surface area (Å²) >= 11 is 3.39. The summed E-state index contributed by atoms with van der Waals surface area (Å²) in [4.78, 5) is 40.2. The molecule has 2 amide bonds. The van der Waals surface area contributed by atoms with E-state index in [9.17, 15) is 14.7 Å². The van der Waals surface area contributed by atoms with E-state index in [1.807, 2.05) is 55.0 Å². The Morgan fingerprint density at radius 3 is 2.09 bits per heavy atom. The minimum Gasteiger partial charge on any atom is -0.465 e. The van der Waals surface area contributed by atoms with Crippen molar-refractivity contribution < 1.29 is 19.4 Å². The highest BCUT2D eigenvalue weighted by Gasteiger charge is 2.20. The lowest BCUT2D eigenvalue weighted by Gasteiger charge is -2.16. The van der Waals surface area contributed by atoms with Gasteiger partial charge in [0.05, 0.1) is 34.2 Å². The van der Waals surface area contributed by atoms with Crippen LogP contribution in [0.15, 0.2) is 66.7 Å². The Balaban J connectivity index is 1.24. The van der Waals surface area contributed by atoms with Gasteiger partial charge < -0.3 is 30.4 Å². The van der Waals surface area contributed by atoms with Gasteiger partial charge in [-0.05, 0) is 90.7 Å². The summed E-state index contributed by atoms with van der Waals surface area (Å²) in [6.45, 7) is 0.209. The van der Waals surface area contributed by atoms with E-state index >= 15 is 0 Å². The minimum absolute atomic E-state index is 0.209. The third-order valence-corrected chi connectivity index (χ3v) is 8.80. The number of nitrogens with zero attached hydrogens (tertiary/aromatic N) is 2. The summed E-state index contributed by atoms with van der Waals surface area (Å²) in [5.74, 6) is 3.03. The first-order chi connectivity index (χ1) is 21.9. The van der Waals surface area contributed by atoms with Crippen LogP contribution in [0, 0.1) is 0 Å². The molecule has 10 nitrogen and oxygen atoms in total. The number of H-pyrrole nitrogens is 2. The zero-order chi connectivity index (χ0) is 31.6. The van der Waals surface area contributed by atoms with Crippen molar-refractivity contribution in [3.8, 4) is 0 Å². The van der Waals surface area contributed by atoms with Gasteiger partial charge in [0.15, 0.2) is 0 Å². The van der Waals surface area contributed by atoms with Crippen molar-refractivity contribution in [2.45, 2.75) is 44.4 Å². The van der Waals surface area contributed by atoms with Crippen molar-refractivity contribution >= 4 is 57.8 Å². The molecule has 0 saturated carbocycles. The summed E-state index contributed by atoms with van der Waals surface area (Å²) < 4.78 is 5.47. The van der Waals surface area contributed by atoms with E-state index in [-0.39, 0.29) is 18.7 Å². The summed E-state index contributed by atoms with van der Waals surface area (Å²) in [6.07, 6.45) is 5.53. The lowest BCUT2D eigenvalue weighted by molar-refractivity contribution is 0.135. The van der Waals surface area contributed by atoms with Gasteiger partial charge >= 0.3 is 12.2 Å². The maximum absolute atomic E-state index is 12.6. The lowest BCUT2D eigenvalue weighted by atomic mass is 10.0. The van der Waals surface area contributed by atoms with Crippen LogP contribution in [-0.4, -0.2) is 61.2 Å². The number of amides is 2. The molecule has 45 heavy (non-hydrogen) atoms. The fourth-order valence-corrected chi connectivity index (χ4v) is 6.10. The van der Waals surface area contributed by atoms with Crippen molar-refractivity contribution in [2.75, 3.05) is 24.0 Å². The molecule has 3 aromatic carbocycles. The predicted molar refractivity (Wildman–Crippen MR) is 182 cm³/mol. The Morgan fingerprint density at radius 1 is 0.778 bits per heavy atom. The summed E-state index contributed by atoms with van der Waals surface area (Å²) in [5, 5.41) is 14.8. The van der Waals surface area contributed by atoms with Gasteiger partial charge in [0.2, 0.25) is 0 Å². The average molecular weight is 647 g/mol. The number of carbonyl (C=O) groups is 2. The Kier molecular flexibility index (Phi) is 11.3. The number of alkyl carbamates (subject to hydrolysis) is 1. The van der Waals surface area contributed by atoms with Crippen LogP contribution in [0.1, 0.15) is 53.3 Å². The molecular formula is C33H38N6O4S2. The zero-order valence-electron chi connectivity index (χ0n) is 25.3. The van der Waals surface area contributed by atoms with Gasteiger partial charge in [0.25, 0.3) is 0 Å². The Hall–Kier alpha value is -4.16. The number of carbonyl (C=O) groups excluding carboxylic acids is 1. The van der Waals surface area contributed by atoms with E-state index < -0.39 is 12.2 Å². The Bertz CT molecular complexity index is 1720. The predicted octanol–water partition coefficient (Wildman–Crippen LogP) is 7.01. The van der Waals surface area contributed by atoms with Crippen LogP contribution in [0.4, 0.5) is 9.59 Å². The summed E-state index contributed by atoms with van der Waals surface area (Å²) in [7, 11) is 0. The number of ether oxygens (including phenoxy) is 1. The average Bonchev–Trinajstić information content (AvgIpc) is 3.67. The molecular weight excluding hydrogens is 609 g/mol. The molecule has 236 valence electrons. The van der Waals surface area contributed by atoms with Gasteiger partial charge in [-0.25, -0.2) is 19.6 Å². The van der Waals surface area contributed by atoms with Gasteiger partial charge in [-0.1, -0.05) is 42.5 Å². The minimum atomic E-state index is -1.06. The summed E-state index contributed by atoms with van der Waals surface area (Å²) in [5.41, 5.74) is 6.72. The number of rotatable bonds is 15. The molecule has 0 bridgehead atoms. The second kappa shape index (κ2) is 15.7. The molecule has 5 N–H and O–H groups in total. The number of nitrogens with one attached hydrogen (secondary N) is 4. The van der Waals surface area contributed by atoms with Gasteiger partial charge in [-0.15, -0.1) is 0 Å². The SMILES string of the molecule is CSCC[C@H](NC(=O)O)c1nc2cc(CCc3ccc4nc([C@H](CCSC)NC(=O)OCc5ccccc5)[nH]c4c3)ccc2[nH]1. The van der Waals surface area contributed by atoms with Crippen molar-refractivity contribution in [3.63, 3.8) is 0 Å². The molecule has 5 rings (SSSR count). The third-order valence-electron chi connectivity index (χ3n) is 7.52. The van der Waals surface area contributed by atoms with E-state index in [4.69, 9.17) is 14.7 Å². The van der Waals surface area contributed by atoms with Gasteiger partial charge in [-0.3, -0.25) is 0 Å². The molecule has 0 unspecified atom stereocenters. The van der Waals surface area contributed by atoms with E-state index in [0.29, 0.717) is 18.1 Å². The fourth-order valence-electron chi connectivity index (χ4n) is 5.16. The molecule has 0 aliphatic heterocycles. The molecule has 12 heteroatoms. The first-order valence-corrected chi connectivity index (χ1v) is 17.6. The first-order valence-electron chi connectivity index (χ1n) is 14.8. The number of aromatic nitrogens is 4. The van der Waals surface area contributed by atoms with E-state index in [1.54, 1.807) is 23.5 Å². The molecule has 0 saturated heterocycles. The highest BCUT2D eigenvalue weighted by Crippen LogP contribution is 2.24. The third kappa shape index (κ3) is 8.95. The number of thioether (sulfide) groups is 2. The quantitative estimate of drug-likeness (QED) is 0.0817. The molecule has 0 fully saturated rings. The lowest BCUT2D eigenvalue weighted by Crippen LogP contribution is -2.30. The second-order valence-corrected chi connectivity index (χ2v) is 12.7. The van der Waals surface area contributed by atoms with Crippen LogP contribution in [0.5, 0.6) is 0 Å². The number of hydrogen-bond donors (Lipinski definition) is 5. The van der Waals surface area contributed by atoms with Gasteiger partial charge in [-0.2, -0.15) is 23.5 Å². The fraction of sp³-hybridized carbons (Fsp3) is 0.333. The van der Waals surface area contributed by atoms with E-state index in [0.717, 1.165) is 64.0 Å². The molecule has 2 heterocycles. The maximum Gasteiger partial charge on any atom is 0.408 e. The van der Waals surface area contributed by atoms with Crippen molar-refractivity contribution in [3.05, 3.63) is 95.1 Å². The van der Waals surface area contributed by atoms with Crippen LogP contribution in [0.3, 0.4) is 0 Å². The standard InChI is InChI=1S/C33H38N6O4S2/c1-44-16-14-26(38-32(40)41)30-34-24-12-10-21(18-28(24)36-30)8-9-22-11-13-25-29(19-22)37-31(35-25)27(15-17-45-2)39-33(42)43-20-23-6-4-3-5-7-23/h3-7,10-13,18-19,26-27,38H,8-9,14-17,20H2,1-2H3,(H,34,36)(H,35,37)(H,39,42)(H,40,41)/t26-,27-/m0/s1. The number of benzene rings is 3. The number of hydrogen-bond acceptors (Lipinski definition) is 7. The van der Waals surface area contributed by atoms with Crippen LogP contribution < -0.4 is 10.6 Å². The number of aromatic amines is 2. The highest BCUT2D eigenvalue weighted by molar-refractivity contribution is 7.98. The van der Waals surface area contributed by atoms with Crippen LogP contribution in [0.2, 0.25) is 0 Å². The number of imidazole rings is 2. The Morgan fingerprint density at radius 2 is 1.40 bits per heavy atom. The van der Waals surface area contributed by atoms with Crippen LogP contribution >= 0.6 is 23.5 Å². The summed E-state index contributed by atoms with van der Waals surface area (Å²) in [6, 6.07) is 21.3. The Labute approximate surface area is 270 Å². The molecule has 0 radical (unpaired) electrons. The number of aryl methyl sites for hydroxylation is 2. The topological polar surface area (TPSA) is 145 Å². The molecule has 2 atom stereocenters. The molecule has 0 aliphatic carbocycles. The molecule has 2 aromatic heterocycles. The van der Waals surface area contributed by atoms with Crippen molar-refractivity contribution in [1.29, 1.82) is 0 Å². The molecule has 0 aliphatic rings.